The molecule has 1 heterocycles. The van der Waals surface area contributed by atoms with Crippen LogP contribution in [0.5, 0.6) is 0 Å². The average molecular weight is 243 g/mol. The molecule has 92 valence electrons. The zero-order valence-electron chi connectivity index (χ0n) is 9.61. The van der Waals surface area contributed by atoms with Crippen molar-refractivity contribution in [2.45, 2.75) is 37.4 Å². The molecule has 2 rings (SSSR count). The molecule has 5 heteroatoms. The highest BCUT2D eigenvalue weighted by Crippen LogP contribution is 2.48. The maximum Gasteiger partial charge on any atom is 0.139 e. The van der Waals surface area contributed by atoms with E-state index in [1.54, 1.807) is 0 Å². The number of nitrogens with two attached hydrogens (primary N) is 1. The molecule has 0 spiro atoms. The van der Waals surface area contributed by atoms with Crippen LogP contribution in [-0.2, 0) is 0 Å². The first kappa shape index (κ1) is 12.0. The lowest BCUT2D eigenvalue weighted by Crippen LogP contribution is -2.32. The van der Waals surface area contributed by atoms with Crippen LogP contribution in [-0.4, -0.2) is 35.1 Å². The van der Waals surface area contributed by atoms with Gasteiger partial charge in [0.15, 0.2) is 0 Å². The predicted molar refractivity (Wildman–Crippen MR) is 68.0 cm³/mol. The Morgan fingerprint density at radius 1 is 1.56 bits per heavy atom. The molecule has 4 N–H and O–H groups in total. The summed E-state index contributed by atoms with van der Waals surface area (Å²) in [4.78, 5) is 0. The minimum absolute atomic E-state index is 0.291. The maximum absolute atomic E-state index is 8.56. The van der Waals surface area contributed by atoms with Gasteiger partial charge in [-0.25, -0.2) is 0 Å². The Labute approximate surface area is 101 Å². The van der Waals surface area contributed by atoms with Crippen molar-refractivity contribution in [3.8, 4) is 0 Å². The van der Waals surface area contributed by atoms with Crippen molar-refractivity contribution >= 4 is 17.6 Å². The minimum atomic E-state index is 0.291. The molecule has 1 aliphatic carbocycles. The lowest BCUT2D eigenvalue weighted by Gasteiger charge is -2.17. The number of nitrogens with one attached hydrogen (secondary N) is 1. The number of oxime groups is 1. The van der Waals surface area contributed by atoms with E-state index in [0.717, 1.165) is 24.8 Å². The minimum Gasteiger partial charge on any atom is -0.409 e. The summed E-state index contributed by atoms with van der Waals surface area (Å²) in [5, 5.41) is 16.0. The summed E-state index contributed by atoms with van der Waals surface area (Å²) in [6.07, 6.45) is 5.85. The quantitative estimate of drug-likeness (QED) is 0.285. The van der Waals surface area contributed by atoms with E-state index in [9.17, 15) is 0 Å². The van der Waals surface area contributed by atoms with Crippen molar-refractivity contribution in [1.29, 1.82) is 0 Å². The van der Waals surface area contributed by atoms with Gasteiger partial charge in [0, 0.05) is 24.8 Å². The summed E-state index contributed by atoms with van der Waals surface area (Å²) >= 11 is 2.08. The van der Waals surface area contributed by atoms with Crippen LogP contribution < -0.4 is 11.1 Å². The average Bonchev–Trinajstić information content (AvgIpc) is 2.83. The van der Waals surface area contributed by atoms with Gasteiger partial charge in [-0.15, -0.1) is 0 Å². The number of amidine groups is 1. The molecular formula is C11H21N3OS. The molecule has 2 aliphatic rings. The van der Waals surface area contributed by atoms with Crippen LogP contribution >= 0.6 is 11.8 Å². The summed E-state index contributed by atoms with van der Waals surface area (Å²) in [6.45, 7) is 2.13. The normalized spacial score (nSPS) is 28.2. The number of thioether (sulfide) groups is 1. The largest absolute Gasteiger partial charge is 0.409 e. The van der Waals surface area contributed by atoms with Crippen molar-refractivity contribution in [1.82, 2.24) is 5.32 Å². The molecule has 1 atom stereocenters. The Bertz CT molecular complexity index is 260. The predicted octanol–water partition coefficient (Wildman–Crippen LogP) is 1.39. The van der Waals surface area contributed by atoms with E-state index in [-0.39, 0.29) is 0 Å². The van der Waals surface area contributed by atoms with Gasteiger partial charge in [-0.1, -0.05) is 5.16 Å². The molecule has 0 aromatic heterocycles. The van der Waals surface area contributed by atoms with Gasteiger partial charge in [-0.3, -0.25) is 0 Å². The summed E-state index contributed by atoms with van der Waals surface area (Å²) in [5.41, 5.74) is 5.85. The molecule has 1 aliphatic heterocycles. The second-order valence-corrected chi connectivity index (χ2v) is 6.44. The van der Waals surface area contributed by atoms with E-state index < -0.39 is 0 Å². The van der Waals surface area contributed by atoms with E-state index in [4.69, 9.17) is 10.9 Å². The molecular weight excluding hydrogens is 222 g/mol. The topological polar surface area (TPSA) is 70.6 Å². The van der Waals surface area contributed by atoms with E-state index >= 15 is 0 Å². The van der Waals surface area contributed by atoms with E-state index in [1.807, 2.05) is 0 Å². The Kier molecular flexibility index (Phi) is 3.97. The van der Waals surface area contributed by atoms with Crippen molar-refractivity contribution in [2.75, 3.05) is 18.8 Å². The van der Waals surface area contributed by atoms with Gasteiger partial charge in [-0.05, 0) is 36.9 Å². The van der Waals surface area contributed by atoms with Crippen LogP contribution in [0.25, 0.3) is 0 Å². The molecule has 1 saturated carbocycles. The number of hydrogen-bond acceptors (Lipinski definition) is 4. The fourth-order valence-electron chi connectivity index (χ4n) is 2.32. The van der Waals surface area contributed by atoms with Gasteiger partial charge in [0.05, 0.1) is 0 Å². The van der Waals surface area contributed by atoms with Crippen LogP contribution in [0.3, 0.4) is 0 Å². The second-order valence-electron chi connectivity index (χ2n) is 5.03. The zero-order chi connectivity index (χ0) is 11.4. The third-order valence-corrected chi connectivity index (χ3v) is 4.94. The molecule has 4 nitrogen and oxygen atoms in total. The second kappa shape index (κ2) is 5.27. The summed E-state index contributed by atoms with van der Waals surface area (Å²) in [5.74, 6) is 1.69. The number of nitrogens with zero attached hydrogens (tertiary/aromatic N) is 1. The van der Waals surface area contributed by atoms with E-state index in [2.05, 4.69) is 22.2 Å². The first-order valence-electron chi connectivity index (χ1n) is 6.03. The molecule has 0 radical (unpaired) electrons. The molecule has 1 unspecified atom stereocenters. The summed E-state index contributed by atoms with van der Waals surface area (Å²) in [6, 6.07) is 0. The Morgan fingerprint density at radius 3 is 2.94 bits per heavy atom. The van der Waals surface area contributed by atoms with Crippen molar-refractivity contribution in [3.05, 3.63) is 0 Å². The number of rotatable bonds is 6. The first-order chi connectivity index (χ1) is 7.74. The molecule has 0 aromatic carbocycles. The van der Waals surface area contributed by atoms with Gasteiger partial charge >= 0.3 is 0 Å². The maximum atomic E-state index is 8.56. The van der Waals surface area contributed by atoms with Crippen LogP contribution in [0, 0.1) is 5.41 Å². The van der Waals surface area contributed by atoms with Crippen molar-refractivity contribution < 1.29 is 5.21 Å². The Balaban J connectivity index is 1.65. The van der Waals surface area contributed by atoms with Crippen LogP contribution in [0.4, 0.5) is 0 Å². The van der Waals surface area contributed by atoms with Gasteiger partial charge in [0.2, 0.25) is 0 Å². The monoisotopic (exact) mass is 243 g/mol. The van der Waals surface area contributed by atoms with E-state index in [1.165, 1.54) is 31.4 Å². The summed E-state index contributed by atoms with van der Waals surface area (Å²) < 4.78 is 0. The number of hydrogen-bond donors (Lipinski definition) is 3. The zero-order valence-corrected chi connectivity index (χ0v) is 10.4. The van der Waals surface area contributed by atoms with Gasteiger partial charge in [-0.2, -0.15) is 11.8 Å². The van der Waals surface area contributed by atoms with E-state index in [0.29, 0.717) is 11.3 Å². The Morgan fingerprint density at radius 2 is 2.38 bits per heavy atom. The Hall–Kier alpha value is -0.420. The fraction of sp³-hybridized carbons (Fsp3) is 0.909. The highest BCUT2D eigenvalue weighted by Gasteiger charge is 2.42. The van der Waals surface area contributed by atoms with Crippen LogP contribution in [0.2, 0.25) is 0 Å². The molecule has 0 amide bonds. The SMILES string of the molecule is NC(CC1(CNCC2CCCS2)CC1)=NO. The highest BCUT2D eigenvalue weighted by molar-refractivity contribution is 8.00. The fourth-order valence-corrected chi connectivity index (χ4v) is 3.55. The smallest absolute Gasteiger partial charge is 0.139 e. The van der Waals surface area contributed by atoms with Crippen LogP contribution in [0.1, 0.15) is 32.1 Å². The van der Waals surface area contributed by atoms with Gasteiger partial charge in [0.25, 0.3) is 0 Å². The molecule has 1 saturated heterocycles. The standard InChI is InChI=1S/C11H21N3OS/c12-10(14-15)6-11(3-4-11)8-13-7-9-2-1-5-16-9/h9,13,15H,1-8H2,(H2,12,14). The van der Waals surface area contributed by atoms with Gasteiger partial charge < -0.3 is 16.3 Å². The van der Waals surface area contributed by atoms with Crippen LogP contribution in [0.15, 0.2) is 5.16 Å². The highest BCUT2D eigenvalue weighted by atomic mass is 32.2. The molecule has 0 aromatic rings. The van der Waals surface area contributed by atoms with Crippen molar-refractivity contribution in [2.24, 2.45) is 16.3 Å². The molecule has 0 bridgehead atoms. The third kappa shape index (κ3) is 3.28. The van der Waals surface area contributed by atoms with Crippen molar-refractivity contribution in [3.63, 3.8) is 0 Å². The molecule has 16 heavy (non-hydrogen) atoms. The summed E-state index contributed by atoms with van der Waals surface area (Å²) in [7, 11) is 0. The molecule has 2 fully saturated rings. The lowest BCUT2D eigenvalue weighted by molar-refractivity contribution is 0.314. The lowest BCUT2D eigenvalue weighted by atomic mass is 10.0. The first-order valence-corrected chi connectivity index (χ1v) is 7.08. The third-order valence-electron chi connectivity index (χ3n) is 3.54. The van der Waals surface area contributed by atoms with Gasteiger partial charge in [0.1, 0.15) is 5.84 Å².